The first-order chi connectivity index (χ1) is 17.8. The Labute approximate surface area is 216 Å². The van der Waals surface area contributed by atoms with Gasteiger partial charge in [-0.1, -0.05) is 0 Å². The number of nitrogens with one attached hydrogen (secondary N) is 2. The van der Waals surface area contributed by atoms with Crippen molar-refractivity contribution in [2.24, 2.45) is 0 Å². The number of carbonyl (C=O) groups is 2. The molecule has 206 valence electrons. The Balaban J connectivity index is 1.46. The van der Waals surface area contributed by atoms with Crippen LogP contribution in [0.2, 0.25) is 0 Å². The summed E-state index contributed by atoms with van der Waals surface area (Å²) in [4.78, 5) is 26.5. The molecule has 0 saturated carbocycles. The molecule has 2 aliphatic rings. The molecule has 14 heteroatoms. The van der Waals surface area contributed by atoms with Crippen LogP contribution in [0.5, 0.6) is 5.75 Å². The molecule has 0 aliphatic carbocycles. The number of fused-ring (bicyclic) bond motifs is 2. The second-order valence-corrected chi connectivity index (χ2v) is 10.7. The van der Waals surface area contributed by atoms with E-state index in [9.17, 15) is 35.6 Å². The van der Waals surface area contributed by atoms with E-state index in [1.54, 1.807) is 7.05 Å². The number of nitrogens with zero attached hydrogens (tertiary/aromatic N) is 1. The number of carbonyl (C=O) groups excluding carboxylic acids is 2. The summed E-state index contributed by atoms with van der Waals surface area (Å²) in [7, 11) is -2.49. The van der Waals surface area contributed by atoms with E-state index in [-0.39, 0.29) is 34.9 Å². The third kappa shape index (κ3) is 6.54. The summed E-state index contributed by atoms with van der Waals surface area (Å²) in [6.07, 6.45) is -5.30. The Morgan fingerprint density at radius 3 is 2.53 bits per heavy atom. The Bertz CT molecular complexity index is 1300. The molecule has 0 aromatic heterocycles. The third-order valence-electron chi connectivity index (χ3n) is 6.29. The van der Waals surface area contributed by atoms with E-state index in [2.05, 4.69) is 4.72 Å². The van der Waals surface area contributed by atoms with Gasteiger partial charge in [0, 0.05) is 12.7 Å². The van der Waals surface area contributed by atoms with Crippen LogP contribution in [0.1, 0.15) is 29.6 Å². The molecule has 2 N–H and O–H groups in total. The zero-order valence-corrected chi connectivity index (χ0v) is 20.9. The van der Waals surface area contributed by atoms with E-state index in [4.69, 9.17) is 9.47 Å². The SMILES string of the molecule is CN1C(=O)c2cc(NS(=O)(=O)c3ccc(F)cc3)ccc2OC[C@H]2O[C@@H](CC(=O)NCC(F)(F)F)CC[C@H]21. The van der Waals surface area contributed by atoms with Crippen molar-refractivity contribution >= 4 is 27.5 Å². The fourth-order valence-electron chi connectivity index (χ4n) is 4.40. The lowest BCUT2D eigenvalue weighted by Gasteiger charge is -2.42. The molecule has 2 aromatic rings. The Morgan fingerprint density at radius 1 is 1.13 bits per heavy atom. The van der Waals surface area contributed by atoms with Gasteiger partial charge in [0.25, 0.3) is 15.9 Å². The molecule has 2 aromatic carbocycles. The largest absolute Gasteiger partial charge is 0.490 e. The number of benzene rings is 2. The van der Waals surface area contributed by atoms with Crippen LogP contribution >= 0.6 is 0 Å². The van der Waals surface area contributed by atoms with Crippen LogP contribution in [0.3, 0.4) is 0 Å². The number of rotatable bonds is 6. The highest BCUT2D eigenvalue weighted by atomic mass is 32.2. The first-order valence-electron chi connectivity index (χ1n) is 11.6. The molecule has 0 spiro atoms. The van der Waals surface area contributed by atoms with Gasteiger partial charge in [-0.3, -0.25) is 14.3 Å². The van der Waals surface area contributed by atoms with Gasteiger partial charge in [0.1, 0.15) is 30.8 Å². The molecule has 2 amide bonds. The molecule has 4 rings (SSSR count). The van der Waals surface area contributed by atoms with Crippen LogP contribution in [0, 0.1) is 5.82 Å². The predicted octanol–water partition coefficient (Wildman–Crippen LogP) is 3.08. The van der Waals surface area contributed by atoms with Crippen molar-refractivity contribution in [2.45, 2.75) is 48.6 Å². The monoisotopic (exact) mass is 559 g/mol. The van der Waals surface area contributed by atoms with E-state index >= 15 is 0 Å². The fourth-order valence-corrected chi connectivity index (χ4v) is 5.45. The first-order valence-corrected chi connectivity index (χ1v) is 13.1. The van der Waals surface area contributed by atoms with Gasteiger partial charge in [0.15, 0.2) is 0 Å². The maximum absolute atomic E-state index is 13.3. The smallest absolute Gasteiger partial charge is 0.405 e. The maximum atomic E-state index is 13.3. The van der Waals surface area contributed by atoms with Gasteiger partial charge in [0.2, 0.25) is 5.91 Å². The summed E-state index contributed by atoms with van der Waals surface area (Å²) >= 11 is 0. The zero-order chi connectivity index (χ0) is 27.7. The van der Waals surface area contributed by atoms with Gasteiger partial charge >= 0.3 is 6.18 Å². The first kappa shape index (κ1) is 27.6. The standard InChI is InChI=1S/C24H25F4N3O6S/c1-31-19-8-5-16(11-22(32)29-13-24(26,27)28)37-21(19)12-36-20-9-4-15(10-18(20)23(31)33)30-38(34,35)17-6-2-14(25)3-7-17/h2-4,6-7,9-10,16,19,21,30H,5,8,11-13H2,1H3,(H,29,32)/t16-,19-,21-/m1/s1. The lowest BCUT2D eigenvalue weighted by atomic mass is 9.94. The number of likely N-dealkylation sites (N-methyl/N-ethyl adjacent to an activating group) is 1. The van der Waals surface area contributed by atoms with Crippen molar-refractivity contribution < 1.29 is 45.0 Å². The van der Waals surface area contributed by atoms with Crippen molar-refractivity contribution in [3.05, 3.63) is 53.8 Å². The number of ether oxygens (including phenoxy) is 2. The number of hydrogen-bond acceptors (Lipinski definition) is 6. The van der Waals surface area contributed by atoms with Crippen LogP contribution < -0.4 is 14.8 Å². The normalized spacial score (nSPS) is 21.9. The number of halogens is 4. The molecule has 38 heavy (non-hydrogen) atoms. The minimum Gasteiger partial charge on any atom is -0.490 e. The minimum absolute atomic E-state index is 0.00336. The van der Waals surface area contributed by atoms with Gasteiger partial charge in [0.05, 0.1) is 29.0 Å². The highest BCUT2D eigenvalue weighted by Crippen LogP contribution is 2.33. The lowest BCUT2D eigenvalue weighted by Crippen LogP contribution is -2.54. The molecule has 1 saturated heterocycles. The predicted molar refractivity (Wildman–Crippen MR) is 127 cm³/mol. The second kappa shape index (κ2) is 10.8. The van der Waals surface area contributed by atoms with Crippen molar-refractivity contribution in [3.63, 3.8) is 0 Å². The van der Waals surface area contributed by atoms with E-state index in [0.717, 1.165) is 24.3 Å². The molecule has 1 fully saturated rings. The quantitative estimate of drug-likeness (QED) is 0.526. The molecule has 3 atom stereocenters. The van der Waals surface area contributed by atoms with Crippen molar-refractivity contribution in [1.29, 1.82) is 0 Å². The van der Waals surface area contributed by atoms with Crippen molar-refractivity contribution in [2.75, 3.05) is 24.9 Å². The summed E-state index contributed by atoms with van der Waals surface area (Å²) < 4.78 is 89.7. The summed E-state index contributed by atoms with van der Waals surface area (Å²) in [6.45, 7) is -1.43. The van der Waals surface area contributed by atoms with E-state index in [1.165, 1.54) is 23.1 Å². The van der Waals surface area contributed by atoms with E-state index in [0.29, 0.717) is 12.8 Å². The molecular formula is C24H25F4N3O6S. The number of sulfonamides is 1. The molecule has 0 unspecified atom stereocenters. The van der Waals surface area contributed by atoms with Crippen LogP contribution in [0.15, 0.2) is 47.4 Å². The number of hydrogen-bond donors (Lipinski definition) is 2. The summed E-state index contributed by atoms with van der Waals surface area (Å²) in [5.41, 5.74) is 0.208. The van der Waals surface area contributed by atoms with Crippen LogP contribution in [-0.2, 0) is 19.6 Å². The molecule has 2 aliphatic heterocycles. The molecule has 0 bridgehead atoms. The van der Waals surface area contributed by atoms with Crippen molar-refractivity contribution in [1.82, 2.24) is 10.2 Å². The number of amides is 2. The average Bonchev–Trinajstić information content (AvgIpc) is 2.85. The fraction of sp³-hybridized carbons (Fsp3) is 0.417. The van der Waals surface area contributed by atoms with E-state index < -0.39 is 58.6 Å². The maximum Gasteiger partial charge on any atom is 0.405 e. The summed E-state index contributed by atoms with van der Waals surface area (Å²) in [6, 6.07) is 7.99. The van der Waals surface area contributed by atoms with Gasteiger partial charge < -0.3 is 19.7 Å². The highest BCUT2D eigenvalue weighted by molar-refractivity contribution is 7.92. The van der Waals surface area contributed by atoms with Crippen LogP contribution in [0.25, 0.3) is 0 Å². The van der Waals surface area contributed by atoms with Gasteiger partial charge in [-0.25, -0.2) is 12.8 Å². The van der Waals surface area contributed by atoms with Gasteiger partial charge in [-0.05, 0) is 55.3 Å². The second-order valence-electron chi connectivity index (χ2n) is 9.03. The van der Waals surface area contributed by atoms with Crippen LogP contribution in [0.4, 0.5) is 23.2 Å². The lowest BCUT2D eigenvalue weighted by molar-refractivity contribution is -0.144. The number of anilines is 1. The topological polar surface area (TPSA) is 114 Å². The zero-order valence-electron chi connectivity index (χ0n) is 20.1. The Hall–Kier alpha value is -3.39. The van der Waals surface area contributed by atoms with Gasteiger partial charge in [-0.2, -0.15) is 13.2 Å². The van der Waals surface area contributed by atoms with Crippen LogP contribution in [-0.4, -0.2) is 69.8 Å². The average molecular weight is 560 g/mol. The Morgan fingerprint density at radius 2 is 1.84 bits per heavy atom. The summed E-state index contributed by atoms with van der Waals surface area (Å²) in [5, 5.41) is 1.82. The number of alkyl halides is 3. The van der Waals surface area contributed by atoms with E-state index in [1.807, 2.05) is 5.32 Å². The highest BCUT2D eigenvalue weighted by Gasteiger charge is 2.39. The molecule has 2 heterocycles. The molecule has 9 nitrogen and oxygen atoms in total. The summed E-state index contributed by atoms with van der Waals surface area (Å²) in [5.74, 6) is -1.65. The molecular weight excluding hydrogens is 534 g/mol. The third-order valence-corrected chi connectivity index (χ3v) is 7.68. The minimum atomic E-state index is -4.52. The Kier molecular flexibility index (Phi) is 7.83. The molecule has 0 radical (unpaired) electrons. The van der Waals surface area contributed by atoms with Gasteiger partial charge in [-0.15, -0.1) is 0 Å². The van der Waals surface area contributed by atoms with Crippen molar-refractivity contribution in [3.8, 4) is 5.75 Å².